The van der Waals surface area contributed by atoms with Crippen LogP contribution >= 0.6 is 22.7 Å². The Kier molecular flexibility index (Phi) is 3.36. The van der Waals surface area contributed by atoms with Crippen LogP contribution in [0.25, 0.3) is 9.40 Å². The third-order valence-corrected chi connectivity index (χ3v) is 5.07. The number of ether oxygens (including phenoxy) is 1. The molecular formula is C15H12O2S2. The lowest BCUT2D eigenvalue weighted by Crippen LogP contribution is -2.00. The van der Waals surface area contributed by atoms with Crippen LogP contribution in [-0.2, 0) is 6.42 Å². The molecule has 0 N–H and O–H groups in total. The molecule has 0 aliphatic rings. The van der Waals surface area contributed by atoms with E-state index < -0.39 is 0 Å². The lowest BCUT2D eigenvalue weighted by atomic mass is 10.1. The predicted octanol–water partition coefficient (Wildman–Crippen LogP) is 4.40. The van der Waals surface area contributed by atoms with Gasteiger partial charge in [0.25, 0.3) is 0 Å². The smallest absolute Gasteiger partial charge is 0.177 e. The van der Waals surface area contributed by atoms with Crippen LogP contribution in [0, 0.1) is 0 Å². The van der Waals surface area contributed by atoms with E-state index >= 15 is 0 Å². The molecule has 2 heterocycles. The van der Waals surface area contributed by atoms with E-state index in [9.17, 15) is 4.79 Å². The van der Waals surface area contributed by atoms with Crippen molar-refractivity contribution in [3.63, 3.8) is 0 Å². The molecule has 0 radical (unpaired) electrons. The maximum absolute atomic E-state index is 12.2. The summed E-state index contributed by atoms with van der Waals surface area (Å²) < 4.78 is 7.50. The minimum Gasteiger partial charge on any atom is -0.497 e. The number of benzene rings is 1. The first-order valence-electron chi connectivity index (χ1n) is 5.89. The van der Waals surface area contributed by atoms with Crippen molar-refractivity contribution in [3.05, 3.63) is 52.2 Å². The van der Waals surface area contributed by atoms with Crippen LogP contribution in [0.4, 0.5) is 0 Å². The third kappa shape index (κ3) is 2.55. The van der Waals surface area contributed by atoms with Crippen molar-refractivity contribution in [2.75, 3.05) is 7.11 Å². The Balaban J connectivity index is 1.78. The van der Waals surface area contributed by atoms with E-state index in [1.807, 2.05) is 30.3 Å². The van der Waals surface area contributed by atoms with Gasteiger partial charge in [-0.25, -0.2) is 0 Å². The average Bonchev–Trinajstić information content (AvgIpc) is 3.00. The summed E-state index contributed by atoms with van der Waals surface area (Å²) in [5.41, 5.74) is 1.02. The highest BCUT2D eigenvalue weighted by atomic mass is 32.1. The number of carbonyl (C=O) groups excluding carboxylic acids is 1. The number of rotatable bonds is 4. The molecule has 3 aromatic rings. The largest absolute Gasteiger partial charge is 0.497 e. The fourth-order valence-electron chi connectivity index (χ4n) is 1.92. The molecule has 0 unspecified atom stereocenters. The van der Waals surface area contributed by atoms with E-state index in [0.717, 1.165) is 16.2 Å². The highest BCUT2D eigenvalue weighted by Crippen LogP contribution is 2.30. The standard InChI is InChI=1S/C15H12O2S2/c1-17-11-4-2-10(3-5-11)8-12(16)14-9-15-13(19-14)6-7-18-15/h2-7,9H,8H2,1H3. The van der Waals surface area contributed by atoms with Crippen LogP contribution in [-0.4, -0.2) is 12.9 Å². The molecule has 0 amide bonds. The monoisotopic (exact) mass is 288 g/mol. The Bertz CT molecular complexity index is 679. The molecule has 4 heteroatoms. The van der Waals surface area contributed by atoms with Crippen molar-refractivity contribution in [3.8, 4) is 5.75 Å². The second-order valence-electron chi connectivity index (χ2n) is 4.21. The average molecular weight is 288 g/mol. The minimum atomic E-state index is 0.179. The molecule has 3 rings (SSSR count). The van der Waals surface area contributed by atoms with E-state index in [0.29, 0.717) is 6.42 Å². The van der Waals surface area contributed by atoms with Gasteiger partial charge >= 0.3 is 0 Å². The van der Waals surface area contributed by atoms with Gasteiger partial charge in [-0.2, -0.15) is 0 Å². The van der Waals surface area contributed by atoms with E-state index in [2.05, 4.69) is 11.4 Å². The lowest BCUT2D eigenvalue weighted by molar-refractivity contribution is 0.0997. The molecule has 19 heavy (non-hydrogen) atoms. The van der Waals surface area contributed by atoms with Gasteiger partial charge in [-0.05, 0) is 35.2 Å². The van der Waals surface area contributed by atoms with Gasteiger partial charge in [0.2, 0.25) is 0 Å². The van der Waals surface area contributed by atoms with Crippen LogP contribution in [0.3, 0.4) is 0 Å². The van der Waals surface area contributed by atoms with E-state index in [1.54, 1.807) is 29.8 Å². The van der Waals surface area contributed by atoms with Crippen molar-refractivity contribution in [2.45, 2.75) is 6.42 Å². The number of hydrogen-bond acceptors (Lipinski definition) is 4. The molecule has 0 aliphatic heterocycles. The quantitative estimate of drug-likeness (QED) is 0.665. The maximum atomic E-state index is 12.2. The van der Waals surface area contributed by atoms with Crippen LogP contribution in [0.1, 0.15) is 15.2 Å². The number of Topliss-reactive ketones (excluding diaryl/α,β-unsaturated/α-hetero) is 1. The summed E-state index contributed by atoms with van der Waals surface area (Å²) in [4.78, 5) is 13.1. The molecule has 0 fully saturated rings. The molecule has 96 valence electrons. The van der Waals surface area contributed by atoms with Gasteiger partial charge in [-0.1, -0.05) is 12.1 Å². The minimum absolute atomic E-state index is 0.179. The second-order valence-corrected chi connectivity index (χ2v) is 6.24. The van der Waals surface area contributed by atoms with Gasteiger partial charge in [0, 0.05) is 15.8 Å². The first-order chi connectivity index (χ1) is 9.26. The van der Waals surface area contributed by atoms with Crippen molar-refractivity contribution in [1.82, 2.24) is 0 Å². The summed E-state index contributed by atoms with van der Waals surface area (Å²) in [6, 6.07) is 11.7. The molecule has 0 bridgehead atoms. The van der Waals surface area contributed by atoms with Gasteiger partial charge in [-0.15, -0.1) is 22.7 Å². The second kappa shape index (κ2) is 5.15. The van der Waals surface area contributed by atoms with Gasteiger partial charge in [0.05, 0.1) is 12.0 Å². The number of methoxy groups -OCH3 is 1. The van der Waals surface area contributed by atoms with E-state index in [1.165, 1.54) is 9.40 Å². The summed E-state index contributed by atoms with van der Waals surface area (Å²) in [5.74, 6) is 0.992. The Morgan fingerprint density at radius 1 is 1.16 bits per heavy atom. The van der Waals surface area contributed by atoms with E-state index in [4.69, 9.17) is 4.74 Å². The molecule has 0 spiro atoms. The van der Waals surface area contributed by atoms with Crippen molar-refractivity contribution in [1.29, 1.82) is 0 Å². The van der Waals surface area contributed by atoms with Gasteiger partial charge < -0.3 is 4.74 Å². The van der Waals surface area contributed by atoms with Crippen molar-refractivity contribution >= 4 is 37.9 Å². The fourth-order valence-corrected chi connectivity index (χ4v) is 3.97. The predicted molar refractivity (Wildman–Crippen MR) is 80.7 cm³/mol. The Hall–Kier alpha value is -1.65. The number of carbonyl (C=O) groups is 1. The normalized spacial score (nSPS) is 10.8. The highest BCUT2D eigenvalue weighted by molar-refractivity contribution is 7.27. The Morgan fingerprint density at radius 3 is 2.63 bits per heavy atom. The molecule has 2 aromatic heterocycles. The molecule has 0 atom stereocenters. The van der Waals surface area contributed by atoms with Crippen molar-refractivity contribution in [2.24, 2.45) is 0 Å². The summed E-state index contributed by atoms with van der Waals surface area (Å²) in [5, 5.41) is 2.05. The zero-order valence-electron chi connectivity index (χ0n) is 10.4. The molecule has 0 aliphatic carbocycles. The molecular weight excluding hydrogens is 276 g/mol. The van der Waals surface area contributed by atoms with E-state index in [-0.39, 0.29) is 5.78 Å². The zero-order chi connectivity index (χ0) is 13.2. The van der Waals surface area contributed by atoms with Gasteiger partial charge in [0.15, 0.2) is 5.78 Å². The Labute approximate surface area is 119 Å². The Morgan fingerprint density at radius 2 is 1.95 bits per heavy atom. The lowest BCUT2D eigenvalue weighted by Gasteiger charge is -2.02. The van der Waals surface area contributed by atoms with Gasteiger partial charge in [0.1, 0.15) is 5.75 Å². The third-order valence-electron chi connectivity index (χ3n) is 2.94. The molecule has 2 nitrogen and oxygen atoms in total. The number of hydrogen-bond donors (Lipinski definition) is 0. The topological polar surface area (TPSA) is 26.3 Å². The SMILES string of the molecule is COc1ccc(CC(=O)c2cc3sccc3s2)cc1. The highest BCUT2D eigenvalue weighted by Gasteiger charge is 2.11. The first-order valence-corrected chi connectivity index (χ1v) is 7.59. The van der Waals surface area contributed by atoms with Crippen LogP contribution < -0.4 is 4.74 Å². The number of fused-ring (bicyclic) bond motifs is 1. The zero-order valence-corrected chi connectivity index (χ0v) is 12.0. The molecule has 1 aromatic carbocycles. The number of ketones is 1. The summed E-state index contributed by atoms with van der Waals surface area (Å²) in [6.07, 6.45) is 0.442. The fraction of sp³-hybridized carbons (Fsp3) is 0.133. The van der Waals surface area contributed by atoms with Crippen LogP contribution in [0.5, 0.6) is 5.75 Å². The number of thiophene rings is 2. The summed E-state index contributed by atoms with van der Waals surface area (Å²) >= 11 is 3.25. The summed E-state index contributed by atoms with van der Waals surface area (Å²) in [6.45, 7) is 0. The molecule has 0 saturated heterocycles. The van der Waals surface area contributed by atoms with Gasteiger partial charge in [-0.3, -0.25) is 4.79 Å². The first kappa shape index (κ1) is 12.4. The van der Waals surface area contributed by atoms with Crippen LogP contribution in [0.15, 0.2) is 41.8 Å². The maximum Gasteiger partial charge on any atom is 0.177 e. The summed E-state index contributed by atoms with van der Waals surface area (Å²) in [7, 11) is 1.64. The van der Waals surface area contributed by atoms with Crippen LogP contribution in [0.2, 0.25) is 0 Å². The molecule has 0 saturated carbocycles. The van der Waals surface area contributed by atoms with Crippen molar-refractivity contribution < 1.29 is 9.53 Å².